The van der Waals surface area contributed by atoms with Gasteiger partial charge in [-0.3, -0.25) is 9.78 Å². The molecular formula is C34H42ClF3N8O3. The molecular weight excluding hydrogens is 661 g/mol. The van der Waals surface area contributed by atoms with Crippen molar-refractivity contribution in [1.82, 2.24) is 34.8 Å². The molecule has 0 saturated carbocycles. The number of hydrogen-bond donors (Lipinski definition) is 3. The number of amides is 3. The van der Waals surface area contributed by atoms with Crippen LogP contribution in [0.5, 0.6) is 0 Å². The molecule has 3 fully saturated rings. The zero-order chi connectivity index (χ0) is 34.7. The Bertz CT molecular complexity index is 1680. The number of likely N-dealkylation sites (tertiary alicyclic amines) is 3. The van der Waals surface area contributed by atoms with Gasteiger partial charge in [0.15, 0.2) is 5.82 Å². The zero-order valence-electron chi connectivity index (χ0n) is 27.4. The monoisotopic (exact) mass is 702 g/mol. The van der Waals surface area contributed by atoms with Crippen LogP contribution in [-0.4, -0.2) is 99.8 Å². The lowest BCUT2D eigenvalue weighted by molar-refractivity contribution is -0.137. The number of aromatic nitrogens is 3. The SMILES string of the molecule is CNc1c(Cl)cc(C[C@@H](NC(=O)N2CCC(n3nc(-c4ccccc4)[nH]c3=O)CC2)C(=O)N2CCC(N3CCCC3)CC2)cc1C(F)(F)F. The Labute approximate surface area is 287 Å². The van der Waals surface area contributed by atoms with Gasteiger partial charge in [-0.25, -0.2) is 14.3 Å². The number of carbonyl (C=O) groups excluding carboxylic acids is 2. The first-order chi connectivity index (χ1) is 23.5. The number of rotatable bonds is 8. The molecule has 0 spiro atoms. The minimum absolute atomic E-state index is 0.123. The third kappa shape index (κ3) is 7.90. The van der Waals surface area contributed by atoms with E-state index in [0.717, 1.165) is 37.6 Å². The van der Waals surface area contributed by atoms with Crippen molar-refractivity contribution in [1.29, 1.82) is 0 Å². The molecule has 3 saturated heterocycles. The maximum atomic E-state index is 14.0. The number of H-pyrrole nitrogens is 1. The Morgan fingerprint density at radius 2 is 1.59 bits per heavy atom. The number of hydrogen-bond acceptors (Lipinski definition) is 6. The Balaban J connectivity index is 1.16. The molecule has 1 atom stereocenters. The van der Waals surface area contributed by atoms with Crippen LogP contribution in [-0.2, 0) is 17.4 Å². The summed E-state index contributed by atoms with van der Waals surface area (Å²) in [6.07, 6.45) is 0.0410. The minimum Gasteiger partial charge on any atom is -0.386 e. The van der Waals surface area contributed by atoms with Crippen molar-refractivity contribution in [2.75, 3.05) is 51.6 Å². The summed E-state index contributed by atoms with van der Waals surface area (Å²) in [5.74, 6) is 0.134. The van der Waals surface area contributed by atoms with Crippen LogP contribution < -0.4 is 16.3 Å². The second-order valence-electron chi connectivity index (χ2n) is 13.1. The molecule has 0 unspecified atom stereocenters. The summed E-state index contributed by atoms with van der Waals surface area (Å²) < 4.78 is 43.4. The standard InChI is InChI=1S/C34H42ClF3N8O3/c1-39-29-26(34(36,37)38)19-22(20-27(29)35)21-28(31(47)44-15-9-24(10-16-44)43-13-5-6-14-43)40-32(48)45-17-11-25(12-18-45)46-33(49)41-30(42-46)23-7-3-2-4-8-23/h2-4,7-8,19-20,24-25,28,39H,5-6,9-18,21H2,1H3,(H,40,48)(H,41,42,49)/t28-/m1/s1. The maximum absolute atomic E-state index is 14.0. The van der Waals surface area contributed by atoms with E-state index in [4.69, 9.17) is 11.6 Å². The fourth-order valence-corrected chi connectivity index (χ4v) is 7.67. The van der Waals surface area contributed by atoms with Gasteiger partial charge in [0.05, 0.1) is 22.3 Å². The van der Waals surface area contributed by atoms with Gasteiger partial charge in [0, 0.05) is 51.3 Å². The number of benzene rings is 2. The van der Waals surface area contributed by atoms with Crippen molar-refractivity contribution in [3.63, 3.8) is 0 Å². The van der Waals surface area contributed by atoms with Gasteiger partial charge in [0.1, 0.15) is 6.04 Å². The molecule has 15 heteroatoms. The average Bonchev–Trinajstić information content (AvgIpc) is 3.78. The Kier molecular flexibility index (Phi) is 10.5. The number of urea groups is 1. The maximum Gasteiger partial charge on any atom is 0.418 e. The summed E-state index contributed by atoms with van der Waals surface area (Å²) in [4.78, 5) is 48.9. The molecule has 6 rings (SSSR count). The van der Waals surface area contributed by atoms with Crippen LogP contribution in [0.25, 0.3) is 11.4 Å². The van der Waals surface area contributed by atoms with Gasteiger partial charge < -0.3 is 25.3 Å². The highest BCUT2D eigenvalue weighted by atomic mass is 35.5. The lowest BCUT2D eigenvalue weighted by Crippen LogP contribution is -2.56. The van der Waals surface area contributed by atoms with Gasteiger partial charge >= 0.3 is 17.9 Å². The summed E-state index contributed by atoms with van der Waals surface area (Å²) in [7, 11) is 1.36. The van der Waals surface area contributed by atoms with Crippen molar-refractivity contribution in [2.45, 2.75) is 69.2 Å². The number of nitrogens with one attached hydrogen (secondary N) is 3. The van der Waals surface area contributed by atoms with E-state index in [2.05, 4.69) is 25.6 Å². The highest BCUT2D eigenvalue weighted by molar-refractivity contribution is 6.33. The van der Waals surface area contributed by atoms with E-state index in [9.17, 15) is 27.6 Å². The van der Waals surface area contributed by atoms with Crippen molar-refractivity contribution in [3.05, 3.63) is 69.1 Å². The molecule has 0 radical (unpaired) electrons. The van der Waals surface area contributed by atoms with Crippen LogP contribution in [0, 0.1) is 0 Å². The normalized spacial score (nSPS) is 18.9. The zero-order valence-corrected chi connectivity index (χ0v) is 28.2. The van der Waals surface area contributed by atoms with E-state index in [0.29, 0.717) is 50.9 Å². The van der Waals surface area contributed by atoms with Crippen LogP contribution in [0.4, 0.5) is 23.7 Å². The van der Waals surface area contributed by atoms with Crippen molar-refractivity contribution in [3.8, 4) is 11.4 Å². The fourth-order valence-electron chi connectivity index (χ4n) is 7.34. The van der Waals surface area contributed by atoms with E-state index >= 15 is 0 Å². The van der Waals surface area contributed by atoms with Crippen LogP contribution in [0.2, 0.25) is 5.02 Å². The van der Waals surface area contributed by atoms with Gasteiger partial charge in [-0.05, 0) is 69.3 Å². The second-order valence-corrected chi connectivity index (χ2v) is 13.5. The van der Waals surface area contributed by atoms with Crippen LogP contribution in [0.3, 0.4) is 0 Å². The molecule has 0 bridgehead atoms. The average molecular weight is 703 g/mol. The van der Waals surface area contributed by atoms with Crippen molar-refractivity contribution >= 4 is 29.2 Å². The largest absolute Gasteiger partial charge is 0.418 e. The molecule has 3 aliphatic heterocycles. The summed E-state index contributed by atoms with van der Waals surface area (Å²) in [5.41, 5.74) is -0.540. The van der Waals surface area contributed by atoms with Gasteiger partial charge in [-0.15, -0.1) is 5.10 Å². The third-order valence-electron chi connectivity index (χ3n) is 9.96. The Hall–Kier alpha value is -4.04. The van der Waals surface area contributed by atoms with E-state index in [-0.39, 0.29) is 40.3 Å². The van der Waals surface area contributed by atoms with Crippen molar-refractivity contribution in [2.24, 2.45) is 0 Å². The molecule has 2 aromatic carbocycles. The molecule has 49 heavy (non-hydrogen) atoms. The Morgan fingerprint density at radius 3 is 2.22 bits per heavy atom. The molecule has 0 aliphatic carbocycles. The predicted octanol–water partition coefficient (Wildman–Crippen LogP) is 5.00. The van der Waals surface area contributed by atoms with Gasteiger partial charge in [0.25, 0.3) is 0 Å². The number of piperidine rings is 2. The number of halogens is 4. The molecule has 3 aliphatic rings. The molecule has 11 nitrogen and oxygen atoms in total. The quantitative estimate of drug-likeness (QED) is 0.304. The fraction of sp³-hybridized carbons (Fsp3) is 0.529. The van der Waals surface area contributed by atoms with E-state index in [1.165, 1.54) is 30.6 Å². The molecule has 1 aromatic heterocycles. The highest BCUT2D eigenvalue weighted by Gasteiger charge is 2.37. The lowest BCUT2D eigenvalue weighted by atomic mass is 9.98. The van der Waals surface area contributed by atoms with Crippen LogP contribution >= 0.6 is 11.6 Å². The summed E-state index contributed by atoms with van der Waals surface area (Å²) >= 11 is 6.28. The number of aromatic amines is 1. The first-order valence-corrected chi connectivity index (χ1v) is 17.3. The smallest absolute Gasteiger partial charge is 0.386 e. The van der Waals surface area contributed by atoms with E-state index in [1.807, 2.05) is 30.3 Å². The van der Waals surface area contributed by atoms with Crippen molar-refractivity contribution < 1.29 is 22.8 Å². The summed E-state index contributed by atoms with van der Waals surface area (Å²) in [6.45, 7) is 3.74. The van der Waals surface area contributed by atoms with Gasteiger partial charge in [-0.1, -0.05) is 41.9 Å². The molecule has 3 amide bonds. The third-order valence-corrected chi connectivity index (χ3v) is 10.3. The van der Waals surface area contributed by atoms with Gasteiger partial charge in [0.2, 0.25) is 5.91 Å². The van der Waals surface area contributed by atoms with E-state index < -0.39 is 23.8 Å². The summed E-state index contributed by atoms with van der Waals surface area (Å²) in [5, 5.41) is 9.75. The van der Waals surface area contributed by atoms with E-state index in [1.54, 1.807) is 9.80 Å². The molecule has 264 valence electrons. The first kappa shape index (κ1) is 34.8. The second kappa shape index (κ2) is 14.8. The number of carbonyl (C=O) groups is 2. The number of anilines is 1. The highest BCUT2D eigenvalue weighted by Crippen LogP contribution is 2.39. The lowest BCUT2D eigenvalue weighted by Gasteiger charge is -2.38. The number of nitrogens with zero attached hydrogens (tertiary/aromatic N) is 5. The first-order valence-electron chi connectivity index (χ1n) is 16.9. The Morgan fingerprint density at radius 1 is 0.959 bits per heavy atom. The molecule has 3 N–H and O–H groups in total. The van der Waals surface area contributed by atoms with Crippen LogP contribution in [0.1, 0.15) is 55.7 Å². The summed E-state index contributed by atoms with van der Waals surface area (Å²) in [6, 6.07) is 10.3. The molecule has 4 heterocycles. The topological polar surface area (TPSA) is 119 Å². The molecule has 3 aromatic rings. The predicted molar refractivity (Wildman–Crippen MR) is 181 cm³/mol. The minimum atomic E-state index is -4.68. The number of alkyl halides is 3. The van der Waals surface area contributed by atoms with Gasteiger partial charge in [-0.2, -0.15) is 13.2 Å². The van der Waals surface area contributed by atoms with Crippen LogP contribution in [0.15, 0.2) is 47.3 Å².